The van der Waals surface area contributed by atoms with Crippen molar-refractivity contribution in [2.45, 2.75) is 26.6 Å². The number of aryl methyl sites for hydroxylation is 1. The molecule has 7 heteroatoms. The summed E-state index contributed by atoms with van der Waals surface area (Å²) in [7, 11) is 0. The molecule has 0 aliphatic carbocycles. The molecule has 0 bridgehead atoms. The largest absolute Gasteiger partial charge is 0.483 e. The minimum absolute atomic E-state index is 0.0813. The van der Waals surface area contributed by atoms with Gasteiger partial charge in [0.2, 0.25) is 5.82 Å². The lowest BCUT2D eigenvalue weighted by atomic mass is 10.1. The average molecular weight is 348 g/mol. The van der Waals surface area contributed by atoms with Gasteiger partial charge in [-0.2, -0.15) is 18.2 Å². The molecule has 0 aliphatic rings. The van der Waals surface area contributed by atoms with Crippen LogP contribution in [-0.4, -0.2) is 10.1 Å². The number of aromatic nitrogens is 2. The van der Waals surface area contributed by atoms with Gasteiger partial charge in [-0.15, -0.1) is 0 Å². The van der Waals surface area contributed by atoms with Crippen molar-refractivity contribution in [3.05, 3.63) is 65.0 Å². The van der Waals surface area contributed by atoms with Crippen molar-refractivity contribution >= 4 is 0 Å². The SMILES string of the molecule is Cc1cccc(OCc2nc(-c3ccc(C(F)(F)F)cc3)no2)c1C. The second kappa shape index (κ2) is 6.58. The van der Waals surface area contributed by atoms with Crippen LogP contribution in [0.25, 0.3) is 11.4 Å². The number of alkyl halides is 3. The first-order valence-corrected chi connectivity index (χ1v) is 7.54. The highest BCUT2D eigenvalue weighted by Crippen LogP contribution is 2.30. The van der Waals surface area contributed by atoms with Crippen molar-refractivity contribution in [1.82, 2.24) is 10.1 Å². The zero-order valence-corrected chi connectivity index (χ0v) is 13.6. The molecule has 1 heterocycles. The monoisotopic (exact) mass is 348 g/mol. The lowest BCUT2D eigenvalue weighted by Gasteiger charge is -2.08. The van der Waals surface area contributed by atoms with Gasteiger partial charge in [-0.3, -0.25) is 0 Å². The van der Waals surface area contributed by atoms with Crippen molar-refractivity contribution in [3.8, 4) is 17.1 Å². The lowest BCUT2D eigenvalue weighted by Crippen LogP contribution is -2.04. The molecule has 3 aromatic rings. The average Bonchev–Trinajstić information content (AvgIpc) is 3.04. The van der Waals surface area contributed by atoms with Gasteiger partial charge >= 0.3 is 6.18 Å². The van der Waals surface area contributed by atoms with Crippen molar-refractivity contribution in [2.24, 2.45) is 0 Å². The molecule has 0 aliphatic heterocycles. The summed E-state index contributed by atoms with van der Waals surface area (Å²) in [5.74, 6) is 1.18. The second-order valence-electron chi connectivity index (χ2n) is 5.57. The fraction of sp³-hybridized carbons (Fsp3) is 0.222. The number of halogens is 3. The Hall–Kier alpha value is -2.83. The predicted octanol–water partition coefficient (Wildman–Crippen LogP) is 4.95. The molecule has 0 spiro atoms. The molecule has 0 saturated carbocycles. The minimum Gasteiger partial charge on any atom is -0.483 e. The van der Waals surface area contributed by atoms with Gasteiger partial charge in [0.25, 0.3) is 5.89 Å². The highest BCUT2D eigenvalue weighted by atomic mass is 19.4. The van der Waals surface area contributed by atoms with Crippen molar-refractivity contribution in [1.29, 1.82) is 0 Å². The Bertz CT molecular complexity index is 871. The van der Waals surface area contributed by atoms with E-state index >= 15 is 0 Å². The molecular formula is C18H15F3N2O2. The summed E-state index contributed by atoms with van der Waals surface area (Å²) in [6, 6.07) is 10.3. The van der Waals surface area contributed by atoms with Crippen LogP contribution in [0.5, 0.6) is 5.75 Å². The van der Waals surface area contributed by atoms with Gasteiger partial charge < -0.3 is 9.26 Å². The minimum atomic E-state index is -4.37. The summed E-state index contributed by atoms with van der Waals surface area (Å²) in [5.41, 5.74) is 1.84. The normalized spacial score (nSPS) is 11.6. The standard InChI is InChI=1S/C18H15F3N2O2/c1-11-4-3-5-15(12(11)2)24-10-16-22-17(23-25-16)13-6-8-14(9-7-13)18(19,20)21/h3-9H,10H2,1-2H3. The number of nitrogens with zero attached hydrogens (tertiary/aromatic N) is 2. The maximum Gasteiger partial charge on any atom is 0.416 e. The maximum absolute atomic E-state index is 12.6. The Morgan fingerprint density at radius 2 is 1.76 bits per heavy atom. The zero-order chi connectivity index (χ0) is 18.0. The fourth-order valence-corrected chi connectivity index (χ4v) is 2.26. The lowest BCUT2D eigenvalue weighted by molar-refractivity contribution is -0.137. The molecule has 0 unspecified atom stereocenters. The summed E-state index contributed by atoms with van der Waals surface area (Å²) >= 11 is 0. The number of rotatable bonds is 4. The molecule has 25 heavy (non-hydrogen) atoms. The maximum atomic E-state index is 12.6. The van der Waals surface area contributed by atoms with Crippen LogP contribution in [0.4, 0.5) is 13.2 Å². The van der Waals surface area contributed by atoms with Crippen LogP contribution in [0.1, 0.15) is 22.6 Å². The van der Waals surface area contributed by atoms with Crippen LogP contribution in [0.15, 0.2) is 47.0 Å². The third kappa shape index (κ3) is 3.81. The molecule has 0 saturated heterocycles. The van der Waals surface area contributed by atoms with Crippen LogP contribution in [0.3, 0.4) is 0 Å². The first-order chi connectivity index (χ1) is 11.8. The molecule has 3 rings (SSSR count). The third-order valence-electron chi connectivity index (χ3n) is 3.84. The zero-order valence-electron chi connectivity index (χ0n) is 13.6. The highest BCUT2D eigenvalue weighted by molar-refractivity contribution is 5.54. The Morgan fingerprint density at radius 3 is 2.44 bits per heavy atom. The molecule has 1 aromatic heterocycles. The summed E-state index contributed by atoms with van der Waals surface area (Å²) < 4.78 is 48.5. The van der Waals surface area contributed by atoms with Crippen LogP contribution in [-0.2, 0) is 12.8 Å². The van der Waals surface area contributed by atoms with Gasteiger partial charge in [-0.1, -0.05) is 29.4 Å². The molecule has 4 nitrogen and oxygen atoms in total. The van der Waals surface area contributed by atoms with E-state index in [0.29, 0.717) is 11.3 Å². The van der Waals surface area contributed by atoms with E-state index in [4.69, 9.17) is 9.26 Å². The van der Waals surface area contributed by atoms with Crippen molar-refractivity contribution in [3.63, 3.8) is 0 Å². The smallest absolute Gasteiger partial charge is 0.416 e. The Kier molecular flexibility index (Phi) is 4.48. The van der Waals surface area contributed by atoms with Crippen LogP contribution in [0.2, 0.25) is 0 Å². The van der Waals surface area contributed by atoms with E-state index in [1.807, 2.05) is 32.0 Å². The van der Waals surface area contributed by atoms with Crippen LogP contribution in [0, 0.1) is 13.8 Å². The van der Waals surface area contributed by atoms with Gasteiger partial charge in [-0.25, -0.2) is 0 Å². The highest BCUT2D eigenvalue weighted by Gasteiger charge is 2.30. The van der Waals surface area contributed by atoms with E-state index in [0.717, 1.165) is 23.3 Å². The van der Waals surface area contributed by atoms with E-state index in [9.17, 15) is 13.2 Å². The summed E-state index contributed by atoms with van der Waals surface area (Å²) in [6.45, 7) is 4.02. The van der Waals surface area contributed by atoms with E-state index < -0.39 is 11.7 Å². The van der Waals surface area contributed by atoms with Gasteiger partial charge in [0.15, 0.2) is 6.61 Å². The molecule has 130 valence electrons. The molecule has 2 aromatic carbocycles. The van der Waals surface area contributed by atoms with Crippen molar-refractivity contribution < 1.29 is 22.4 Å². The number of ether oxygens (including phenoxy) is 1. The Balaban J connectivity index is 1.71. The number of benzene rings is 2. The van der Waals surface area contributed by atoms with E-state index in [-0.39, 0.29) is 18.3 Å². The first kappa shape index (κ1) is 17.0. The van der Waals surface area contributed by atoms with E-state index in [1.54, 1.807) is 0 Å². The van der Waals surface area contributed by atoms with Crippen LogP contribution >= 0.6 is 0 Å². The molecule has 0 fully saturated rings. The Labute approximate surface area is 142 Å². The summed E-state index contributed by atoms with van der Waals surface area (Å²) in [4.78, 5) is 4.16. The molecule has 0 atom stereocenters. The predicted molar refractivity (Wildman–Crippen MR) is 85.0 cm³/mol. The van der Waals surface area contributed by atoms with E-state index in [2.05, 4.69) is 10.1 Å². The third-order valence-corrected chi connectivity index (χ3v) is 3.84. The first-order valence-electron chi connectivity index (χ1n) is 7.54. The fourth-order valence-electron chi connectivity index (χ4n) is 2.26. The quantitative estimate of drug-likeness (QED) is 0.669. The number of hydrogen-bond acceptors (Lipinski definition) is 4. The molecule has 0 radical (unpaired) electrons. The molecular weight excluding hydrogens is 333 g/mol. The number of hydrogen-bond donors (Lipinski definition) is 0. The van der Waals surface area contributed by atoms with E-state index in [1.165, 1.54) is 12.1 Å². The van der Waals surface area contributed by atoms with Gasteiger partial charge in [-0.05, 0) is 43.2 Å². The summed E-state index contributed by atoms with van der Waals surface area (Å²) in [5, 5.41) is 3.78. The molecule has 0 amide bonds. The van der Waals surface area contributed by atoms with Gasteiger partial charge in [0.05, 0.1) is 5.56 Å². The topological polar surface area (TPSA) is 48.2 Å². The van der Waals surface area contributed by atoms with Gasteiger partial charge in [0, 0.05) is 5.56 Å². The van der Waals surface area contributed by atoms with Crippen LogP contribution < -0.4 is 4.74 Å². The van der Waals surface area contributed by atoms with Gasteiger partial charge in [0.1, 0.15) is 5.75 Å². The second-order valence-corrected chi connectivity index (χ2v) is 5.57. The molecule has 0 N–H and O–H groups in total. The summed E-state index contributed by atoms with van der Waals surface area (Å²) in [6.07, 6.45) is -4.37. The Morgan fingerprint density at radius 1 is 1.04 bits per heavy atom. The van der Waals surface area contributed by atoms with Crippen molar-refractivity contribution in [2.75, 3.05) is 0 Å².